The molecule has 1 aromatic carbocycles. The van der Waals surface area contributed by atoms with Crippen LogP contribution < -0.4 is 15.4 Å². The first kappa shape index (κ1) is 18.1. The van der Waals surface area contributed by atoms with Gasteiger partial charge in [0.1, 0.15) is 11.2 Å². The molecule has 0 fully saturated rings. The van der Waals surface area contributed by atoms with Gasteiger partial charge in [0.25, 0.3) is 5.91 Å². The Balaban J connectivity index is 1.77. The fourth-order valence-electron chi connectivity index (χ4n) is 3.64. The van der Waals surface area contributed by atoms with Crippen LogP contribution in [0, 0.1) is 5.92 Å². The second-order valence-corrected chi connectivity index (χ2v) is 9.50. The molecule has 0 radical (unpaired) electrons. The SMILES string of the molecule is COc1cc(Br)c(Br)c([C@H]2NC(=O)c3c(sc4c3CC[C@H](C)C4)N2)c1O. The zero-order valence-electron chi connectivity index (χ0n) is 14.3. The zero-order valence-corrected chi connectivity index (χ0v) is 18.3. The van der Waals surface area contributed by atoms with E-state index in [9.17, 15) is 9.90 Å². The van der Waals surface area contributed by atoms with Gasteiger partial charge in [-0.1, -0.05) is 6.92 Å². The third-order valence-electron chi connectivity index (χ3n) is 4.99. The summed E-state index contributed by atoms with van der Waals surface area (Å²) in [6.45, 7) is 2.25. The van der Waals surface area contributed by atoms with Crippen molar-refractivity contribution in [3.8, 4) is 11.5 Å². The average molecular weight is 502 g/mol. The number of carbonyl (C=O) groups excluding carboxylic acids is 1. The van der Waals surface area contributed by atoms with E-state index in [-0.39, 0.29) is 11.7 Å². The van der Waals surface area contributed by atoms with Crippen LogP contribution in [0.3, 0.4) is 0 Å². The summed E-state index contributed by atoms with van der Waals surface area (Å²) in [6.07, 6.45) is 2.53. The Hall–Kier alpha value is -1.25. The summed E-state index contributed by atoms with van der Waals surface area (Å²) in [6, 6.07) is 1.68. The van der Waals surface area contributed by atoms with Crippen molar-refractivity contribution in [2.45, 2.75) is 32.4 Å². The van der Waals surface area contributed by atoms with Crippen molar-refractivity contribution in [2.75, 3.05) is 12.4 Å². The van der Waals surface area contributed by atoms with Crippen LogP contribution in [0.5, 0.6) is 11.5 Å². The second-order valence-electron chi connectivity index (χ2n) is 6.74. The van der Waals surface area contributed by atoms with Crippen molar-refractivity contribution in [3.63, 3.8) is 0 Å². The molecular weight excluding hydrogens is 484 g/mol. The van der Waals surface area contributed by atoms with Gasteiger partial charge in [0, 0.05) is 13.8 Å². The van der Waals surface area contributed by atoms with E-state index in [1.54, 1.807) is 17.4 Å². The molecule has 0 saturated carbocycles. The number of fused-ring (bicyclic) bond motifs is 3. The summed E-state index contributed by atoms with van der Waals surface area (Å²) in [7, 11) is 1.50. The van der Waals surface area contributed by atoms with Crippen LogP contribution in [0.25, 0.3) is 0 Å². The molecule has 2 aliphatic rings. The smallest absolute Gasteiger partial charge is 0.256 e. The number of ether oxygens (including phenoxy) is 1. The number of hydrogen-bond donors (Lipinski definition) is 3. The van der Waals surface area contributed by atoms with Crippen LogP contribution in [-0.4, -0.2) is 18.1 Å². The van der Waals surface area contributed by atoms with Gasteiger partial charge < -0.3 is 20.5 Å². The summed E-state index contributed by atoms with van der Waals surface area (Å²) in [5, 5.41) is 17.9. The number of thiophene rings is 1. The first-order chi connectivity index (χ1) is 12.4. The lowest BCUT2D eigenvalue weighted by atomic mass is 9.88. The van der Waals surface area contributed by atoms with E-state index in [0.717, 1.165) is 34.3 Å². The topological polar surface area (TPSA) is 70.6 Å². The van der Waals surface area contributed by atoms with Crippen LogP contribution >= 0.6 is 43.2 Å². The Kier molecular flexibility index (Phi) is 4.69. The summed E-state index contributed by atoms with van der Waals surface area (Å²) in [5.41, 5.74) is 2.49. The van der Waals surface area contributed by atoms with Crippen molar-refractivity contribution in [3.05, 3.63) is 36.6 Å². The summed E-state index contributed by atoms with van der Waals surface area (Å²) >= 11 is 8.62. The summed E-state index contributed by atoms with van der Waals surface area (Å²) in [4.78, 5) is 14.2. The minimum absolute atomic E-state index is 0.00114. The highest BCUT2D eigenvalue weighted by Gasteiger charge is 2.35. The van der Waals surface area contributed by atoms with Crippen LogP contribution in [0.4, 0.5) is 5.00 Å². The maximum absolute atomic E-state index is 12.9. The number of benzene rings is 1. The van der Waals surface area contributed by atoms with Gasteiger partial charge in [-0.2, -0.15) is 0 Å². The monoisotopic (exact) mass is 500 g/mol. The minimum Gasteiger partial charge on any atom is -0.504 e. The molecule has 1 aromatic heterocycles. The number of aromatic hydroxyl groups is 1. The highest BCUT2D eigenvalue weighted by atomic mass is 79.9. The molecular formula is C18H18Br2N2O3S. The molecule has 1 aliphatic carbocycles. The fraction of sp³-hybridized carbons (Fsp3) is 0.389. The Morgan fingerprint density at radius 1 is 1.35 bits per heavy atom. The minimum atomic E-state index is -0.548. The number of nitrogens with one attached hydrogen (secondary N) is 2. The number of amides is 1. The molecule has 0 spiro atoms. The van der Waals surface area contributed by atoms with Gasteiger partial charge in [0.05, 0.1) is 18.2 Å². The van der Waals surface area contributed by atoms with E-state index < -0.39 is 6.17 Å². The Morgan fingerprint density at radius 3 is 2.85 bits per heavy atom. The van der Waals surface area contributed by atoms with Crippen molar-refractivity contribution in [1.82, 2.24) is 5.32 Å². The van der Waals surface area contributed by atoms with Crippen molar-refractivity contribution in [2.24, 2.45) is 5.92 Å². The van der Waals surface area contributed by atoms with E-state index in [0.29, 0.717) is 21.7 Å². The fourth-order valence-corrected chi connectivity index (χ4v) is 6.03. The molecule has 0 saturated heterocycles. The molecule has 138 valence electrons. The lowest BCUT2D eigenvalue weighted by Gasteiger charge is -2.28. The molecule has 2 aromatic rings. The molecule has 4 rings (SSSR count). The van der Waals surface area contributed by atoms with Gasteiger partial charge >= 0.3 is 0 Å². The van der Waals surface area contributed by atoms with Crippen LogP contribution in [0.1, 0.15) is 45.9 Å². The van der Waals surface area contributed by atoms with Gasteiger partial charge in [0.2, 0.25) is 0 Å². The van der Waals surface area contributed by atoms with Crippen molar-refractivity contribution < 1.29 is 14.6 Å². The number of rotatable bonds is 2. The van der Waals surface area contributed by atoms with Gasteiger partial charge in [-0.3, -0.25) is 4.79 Å². The molecule has 26 heavy (non-hydrogen) atoms. The standard InChI is InChI=1S/C18H18Br2N2O3S/c1-7-3-4-8-11(5-7)26-18-12(8)17(24)21-16(22-18)13-14(20)9(19)6-10(25-2)15(13)23/h6-7,16,22-23H,3-5H2,1-2H3,(H,21,24)/t7-,16-/m0/s1. The predicted molar refractivity (Wildman–Crippen MR) is 109 cm³/mol. The maximum atomic E-state index is 12.9. The number of methoxy groups -OCH3 is 1. The molecule has 5 nitrogen and oxygen atoms in total. The third-order valence-corrected chi connectivity index (χ3v) is 8.19. The number of hydrogen-bond acceptors (Lipinski definition) is 5. The Labute approximate surface area is 172 Å². The van der Waals surface area contributed by atoms with Crippen molar-refractivity contribution >= 4 is 54.1 Å². The van der Waals surface area contributed by atoms with Gasteiger partial charge in [-0.15, -0.1) is 11.3 Å². The average Bonchev–Trinajstić information content (AvgIpc) is 2.96. The van der Waals surface area contributed by atoms with Crippen LogP contribution in [0.15, 0.2) is 15.0 Å². The molecule has 2 heterocycles. The first-order valence-electron chi connectivity index (χ1n) is 8.37. The summed E-state index contributed by atoms with van der Waals surface area (Å²) < 4.78 is 6.66. The zero-order chi connectivity index (χ0) is 18.6. The third kappa shape index (κ3) is 2.82. The first-order valence-corrected chi connectivity index (χ1v) is 10.8. The number of phenolic OH excluding ortho intramolecular Hbond substituents is 1. The van der Waals surface area contributed by atoms with Crippen LogP contribution in [0.2, 0.25) is 0 Å². The number of carbonyl (C=O) groups is 1. The Bertz CT molecular complexity index is 913. The number of halogens is 2. The maximum Gasteiger partial charge on any atom is 0.256 e. The van der Waals surface area contributed by atoms with Crippen LogP contribution in [-0.2, 0) is 12.8 Å². The second kappa shape index (κ2) is 6.73. The molecule has 0 bridgehead atoms. The quantitative estimate of drug-likeness (QED) is 0.543. The lowest BCUT2D eigenvalue weighted by molar-refractivity contribution is 0.0934. The van der Waals surface area contributed by atoms with E-state index >= 15 is 0 Å². The van der Waals surface area contributed by atoms with E-state index in [1.807, 2.05) is 0 Å². The lowest BCUT2D eigenvalue weighted by Crippen LogP contribution is -2.38. The molecule has 1 amide bonds. The van der Waals surface area contributed by atoms with Crippen molar-refractivity contribution in [1.29, 1.82) is 0 Å². The summed E-state index contributed by atoms with van der Waals surface area (Å²) in [5.74, 6) is 0.894. The normalized spacial score (nSPS) is 21.5. The molecule has 8 heteroatoms. The van der Waals surface area contributed by atoms with E-state index in [4.69, 9.17) is 4.74 Å². The largest absolute Gasteiger partial charge is 0.504 e. The predicted octanol–water partition coefficient (Wildman–Crippen LogP) is 4.97. The van der Waals surface area contributed by atoms with Gasteiger partial charge in [0.15, 0.2) is 11.5 Å². The molecule has 1 aliphatic heterocycles. The van der Waals surface area contributed by atoms with Gasteiger partial charge in [-0.25, -0.2) is 0 Å². The number of phenols is 1. The van der Waals surface area contributed by atoms with E-state index in [2.05, 4.69) is 49.4 Å². The van der Waals surface area contributed by atoms with Gasteiger partial charge in [-0.05, 0) is 68.7 Å². The highest BCUT2D eigenvalue weighted by molar-refractivity contribution is 9.13. The molecule has 2 atom stereocenters. The number of anilines is 1. The van der Waals surface area contributed by atoms with E-state index in [1.165, 1.54) is 17.6 Å². The Morgan fingerprint density at radius 2 is 2.12 bits per heavy atom. The highest BCUT2D eigenvalue weighted by Crippen LogP contribution is 2.47. The molecule has 0 unspecified atom stereocenters. The molecule has 3 N–H and O–H groups in total.